The number of aryl methyl sites for hydroxylation is 1. The molecule has 3 aromatic rings. The largest absolute Gasteiger partial charge is 0.241 e. The summed E-state index contributed by atoms with van der Waals surface area (Å²) in [5.41, 5.74) is 2.17. The number of hydrogen-bond acceptors (Lipinski definition) is 3. The van der Waals surface area contributed by atoms with Gasteiger partial charge in [-0.05, 0) is 41.1 Å². The molecule has 1 N–H and O–H groups in total. The molecule has 0 aliphatic rings. The average molecular weight is 358 g/mol. The molecule has 0 amide bonds. The van der Waals surface area contributed by atoms with Gasteiger partial charge in [0.25, 0.3) is 0 Å². The van der Waals surface area contributed by atoms with E-state index in [0.717, 1.165) is 16.9 Å². The first-order valence-electron chi connectivity index (χ1n) is 7.80. The lowest BCUT2D eigenvalue weighted by Gasteiger charge is -2.18. The molecule has 0 bridgehead atoms. The van der Waals surface area contributed by atoms with E-state index in [1.807, 2.05) is 41.8 Å². The average Bonchev–Trinajstić information content (AvgIpc) is 3.15. The van der Waals surface area contributed by atoms with E-state index >= 15 is 0 Å². The van der Waals surface area contributed by atoms with Crippen molar-refractivity contribution < 1.29 is 8.42 Å². The molecule has 2 aromatic carbocycles. The van der Waals surface area contributed by atoms with Crippen molar-refractivity contribution in [3.05, 3.63) is 88.1 Å². The third-order valence-corrected chi connectivity index (χ3v) is 6.25. The van der Waals surface area contributed by atoms with Crippen molar-refractivity contribution in [2.45, 2.75) is 24.3 Å². The second-order valence-electron chi connectivity index (χ2n) is 5.48. The molecule has 0 saturated carbocycles. The van der Waals surface area contributed by atoms with Crippen molar-refractivity contribution in [1.29, 1.82) is 0 Å². The Kier molecular flexibility index (Phi) is 5.14. The molecule has 1 atom stereocenters. The highest BCUT2D eigenvalue weighted by Gasteiger charge is 2.23. The second kappa shape index (κ2) is 7.30. The lowest BCUT2D eigenvalue weighted by atomic mass is 10.0. The molecule has 0 radical (unpaired) electrons. The van der Waals surface area contributed by atoms with Crippen molar-refractivity contribution >= 4 is 21.4 Å². The van der Waals surface area contributed by atoms with E-state index in [1.165, 1.54) is 5.56 Å². The van der Waals surface area contributed by atoms with E-state index in [9.17, 15) is 8.42 Å². The molecule has 0 spiro atoms. The van der Waals surface area contributed by atoms with E-state index in [2.05, 4.69) is 11.6 Å². The van der Waals surface area contributed by atoms with Gasteiger partial charge in [-0.25, -0.2) is 8.42 Å². The number of thiophene rings is 1. The Hall–Kier alpha value is -1.95. The molecule has 3 nitrogen and oxygen atoms in total. The lowest BCUT2D eigenvalue weighted by molar-refractivity contribution is 0.573. The van der Waals surface area contributed by atoms with E-state index in [0.29, 0.717) is 0 Å². The minimum absolute atomic E-state index is 0.275. The van der Waals surface area contributed by atoms with Crippen LogP contribution in [0.1, 0.15) is 29.0 Å². The Bertz CT molecular complexity index is 871. The van der Waals surface area contributed by atoms with Crippen LogP contribution in [0.5, 0.6) is 0 Å². The summed E-state index contributed by atoms with van der Waals surface area (Å²) in [5, 5.41) is 1.96. The first-order chi connectivity index (χ1) is 11.6. The molecule has 1 heterocycles. The Labute approximate surface area is 147 Å². The summed E-state index contributed by atoms with van der Waals surface area (Å²) in [5.74, 6) is 0. The Morgan fingerprint density at radius 3 is 2.25 bits per heavy atom. The highest BCUT2D eigenvalue weighted by Crippen LogP contribution is 2.28. The van der Waals surface area contributed by atoms with Crippen molar-refractivity contribution in [3.63, 3.8) is 0 Å². The molecule has 24 heavy (non-hydrogen) atoms. The summed E-state index contributed by atoms with van der Waals surface area (Å²) in [6.07, 6.45) is 0.958. The van der Waals surface area contributed by atoms with Gasteiger partial charge in [-0.3, -0.25) is 0 Å². The summed E-state index contributed by atoms with van der Waals surface area (Å²) >= 11 is 1.54. The zero-order valence-corrected chi connectivity index (χ0v) is 15.0. The number of benzene rings is 2. The number of hydrogen-bond donors (Lipinski definition) is 1. The zero-order valence-electron chi connectivity index (χ0n) is 13.3. The van der Waals surface area contributed by atoms with Crippen molar-refractivity contribution in [3.8, 4) is 0 Å². The molecule has 0 unspecified atom stereocenters. The summed E-state index contributed by atoms with van der Waals surface area (Å²) in [7, 11) is -3.59. The first kappa shape index (κ1) is 16.9. The standard InChI is InChI=1S/C19H19NO2S2/c1-2-15-10-12-16(13-11-15)19(18-9-6-14-23-18)20-24(21,22)17-7-4-3-5-8-17/h3-14,19-20H,2H2,1H3/t19-/m0/s1. The normalized spacial score (nSPS) is 12.9. The van der Waals surface area contributed by atoms with Crippen molar-refractivity contribution in [1.82, 2.24) is 4.72 Å². The zero-order chi connectivity index (χ0) is 17.0. The van der Waals surface area contributed by atoms with Crippen LogP contribution < -0.4 is 4.72 Å². The maximum absolute atomic E-state index is 12.7. The highest BCUT2D eigenvalue weighted by atomic mass is 32.2. The van der Waals surface area contributed by atoms with Gasteiger partial charge in [0.05, 0.1) is 10.9 Å². The topological polar surface area (TPSA) is 46.2 Å². The van der Waals surface area contributed by atoms with Gasteiger partial charge in [-0.15, -0.1) is 11.3 Å². The number of rotatable bonds is 6. The fraction of sp³-hybridized carbons (Fsp3) is 0.158. The van der Waals surface area contributed by atoms with E-state index in [4.69, 9.17) is 0 Å². The van der Waals surface area contributed by atoms with E-state index < -0.39 is 10.0 Å². The fourth-order valence-electron chi connectivity index (χ4n) is 2.51. The minimum atomic E-state index is -3.59. The van der Waals surface area contributed by atoms with Gasteiger partial charge in [-0.1, -0.05) is 55.5 Å². The van der Waals surface area contributed by atoms with Gasteiger partial charge >= 0.3 is 0 Å². The molecule has 0 fully saturated rings. The maximum atomic E-state index is 12.7. The van der Waals surface area contributed by atoms with Crippen LogP contribution in [0.15, 0.2) is 77.0 Å². The van der Waals surface area contributed by atoms with Gasteiger partial charge in [0, 0.05) is 4.88 Å². The van der Waals surface area contributed by atoms with Gasteiger partial charge in [0.15, 0.2) is 0 Å². The molecule has 3 rings (SSSR count). The molecule has 0 aliphatic heterocycles. The molecule has 0 saturated heterocycles. The molecular weight excluding hydrogens is 338 g/mol. The van der Waals surface area contributed by atoms with Crippen LogP contribution in [-0.4, -0.2) is 8.42 Å². The van der Waals surface area contributed by atoms with Crippen LogP contribution >= 0.6 is 11.3 Å². The van der Waals surface area contributed by atoms with Gasteiger partial charge in [-0.2, -0.15) is 4.72 Å². The molecule has 5 heteroatoms. The predicted octanol–water partition coefficient (Wildman–Crippen LogP) is 4.38. The highest BCUT2D eigenvalue weighted by molar-refractivity contribution is 7.89. The van der Waals surface area contributed by atoms with Crippen LogP contribution in [-0.2, 0) is 16.4 Å². The van der Waals surface area contributed by atoms with E-state index in [1.54, 1.807) is 41.7 Å². The van der Waals surface area contributed by atoms with Gasteiger partial charge < -0.3 is 0 Å². The maximum Gasteiger partial charge on any atom is 0.241 e. The van der Waals surface area contributed by atoms with E-state index in [-0.39, 0.29) is 10.9 Å². The molecule has 0 aliphatic carbocycles. The van der Waals surface area contributed by atoms with Crippen LogP contribution in [0.4, 0.5) is 0 Å². The van der Waals surface area contributed by atoms with Crippen LogP contribution in [0, 0.1) is 0 Å². The Morgan fingerprint density at radius 1 is 0.958 bits per heavy atom. The predicted molar refractivity (Wildman–Crippen MR) is 98.7 cm³/mol. The van der Waals surface area contributed by atoms with Crippen LogP contribution in [0.25, 0.3) is 0 Å². The van der Waals surface area contributed by atoms with Crippen molar-refractivity contribution in [2.75, 3.05) is 0 Å². The van der Waals surface area contributed by atoms with Crippen molar-refractivity contribution in [2.24, 2.45) is 0 Å². The minimum Gasteiger partial charge on any atom is -0.207 e. The Balaban J connectivity index is 1.97. The Morgan fingerprint density at radius 2 is 1.67 bits per heavy atom. The second-order valence-corrected chi connectivity index (χ2v) is 8.17. The quantitative estimate of drug-likeness (QED) is 0.712. The lowest BCUT2D eigenvalue weighted by Crippen LogP contribution is -2.29. The molecule has 124 valence electrons. The molecular formula is C19H19NO2S2. The third kappa shape index (κ3) is 3.75. The summed E-state index contributed by atoms with van der Waals surface area (Å²) in [6.45, 7) is 2.10. The monoisotopic (exact) mass is 357 g/mol. The SMILES string of the molecule is CCc1ccc([C@H](NS(=O)(=O)c2ccccc2)c2cccs2)cc1. The fourth-order valence-corrected chi connectivity index (χ4v) is 4.62. The smallest absolute Gasteiger partial charge is 0.207 e. The summed E-state index contributed by atoms with van der Waals surface area (Å²) in [4.78, 5) is 1.25. The molecule has 1 aromatic heterocycles. The van der Waals surface area contributed by atoms with Gasteiger partial charge in [0.1, 0.15) is 0 Å². The number of nitrogens with one attached hydrogen (secondary N) is 1. The summed E-state index contributed by atoms with van der Waals surface area (Å²) < 4.78 is 28.3. The first-order valence-corrected chi connectivity index (χ1v) is 10.2. The third-order valence-electron chi connectivity index (χ3n) is 3.88. The summed E-state index contributed by atoms with van der Waals surface area (Å²) in [6, 6.07) is 20.1. The van der Waals surface area contributed by atoms with Crippen LogP contribution in [0.2, 0.25) is 0 Å². The van der Waals surface area contributed by atoms with Crippen LogP contribution in [0.3, 0.4) is 0 Å². The van der Waals surface area contributed by atoms with Gasteiger partial charge in [0.2, 0.25) is 10.0 Å². The number of sulfonamides is 1.